The molecule has 0 unspecified atom stereocenters. The summed E-state index contributed by atoms with van der Waals surface area (Å²) in [4.78, 5) is 4.41. The summed E-state index contributed by atoms with van der Waals surface area (Å²) in [5.74, 6) is 0.907. The van der Waals surface area contributed by atoms with E-state index < -0.39 is 0 Å². The molecule has 1 N–H and O–H groups in total. The van der Waals surface area contributed by atoms with Crippen molar-refractivity contribution in [1.29, 1.82) is 0 Å². The summed E-state index contributed by atoms with van der Waals surface area (Å²) in [6.07, 6.45) is 8.57. The molecule has 3 rings (SSSR count). The van der Waals surface area contributed by atoms with Crippen molar-refractivity contribution in [3.05, 3.63) is 41.7 Å². The van der Waals surface area contributed by atoms with Gasteiger partial charge in [-0.15, -0.1) is 0 Å². The Kier molecular flexibility index (Phi) is 4.55. The van der Waals surface area contributed by atoms with Crippen LogP contribution in [0.2, 0.25) is 0 Å². The molecule has 0 aliphatic heterocycles. The fraction of sp³-hybridized carbons (Fsp3) is 0.471. The number of aryl methyl sites for hydroxylation is 3. The predicted octanol–water partition coefficient (Wildman–Crippen LogP) is 3.54. The molecule has 4 nitrogen and oxygen atoms in total. The smallest absolute Gasteiger partial charge is 0.207 e. The summed E-state index contributed by atoms with van der Waals surface area (Å²) in [7, 11) is 0. The van der Waals surface area contributed by atoms with Gasteiger partial charge >= 0.3 is 0 Å². The van der Waals surface area contributed by atoms with Crippen LogP contribution in [0.25, 0.3) is 0 Å². The van der Waals surface area contributed by atoms with Gasteiger partial charge in [0.15, 0.2) is 0 Å². The molecule has 0 bridgehead atoms. The lowest BCUT2D eigenvalue weighted by atomic mass is 10.1. The van der Waals surface area contributed by atoms with Crippen molar-refractivity contribution in [2.75, 3.05) is 18.5 Å². The van der Waals surface area contributed by atoms with E-state index in [0.717, 1.165) is 37.8 Å². The minimum absolute atomic E-state index is 0.782. The van der Waals surface area contributed by atoms with Gasteiger partial charge < -0.3 is 14.6 Å². The minimum atomic E-state index is 0.782. The lowest BCUT2D eigenvalue weighted by molar-refractivity contribution is 0.142. The molecular weight excluding hydrogens is 262 g/mol. The molecule has 0 saturated heterocycles. The van der Waals surface area contributed by atoms with E-state index in [1.165, 1.54) is 30.4 Å². The average molecular weight is 285 g/mol. The standard InChI is InChI=1S/C17H23N3O/c1-2-21-12-4-10-20-11-9-18-17(20)19-16-8-7-14-5-3-6-15(14)13-16/h7-9,11,13H,2-6,10,12H2,1H3,(H,18,19). The Balaban J connectivity index is 1.64. The van der Waals surface area contributed by atoms with Crippen molar-refractivity contribution in [2.45, 2.75) is 39.2 Å². The van der Waals surface area contributed by atoms with Crippen LogP contribution >= 0.6 is 0 Å². The van der Waals surface area contributed by atoms with Crippen LogP contribution in [0.1, 0.15) is 30.9 Å². The van der Waals surface area contributed by atoms with Crippen LogP contribution in [0.5, 0.6) is 0 Å². The first kappa shape index (κ1) is 14.1. The summed E-state index contributed by atoms with van der Waals surface area (Å²) >= 11 is 0. The molecule has 1 aliphatic carbocycles. The maximum absolute atomic E-state index is 5.39. The molecule has 0 atom stereocenters. The number of hydrogen-bond acceptors (Lipinski definition) is 3. The Morgan fingerprint density at radius 3 is 3.10 bits per heavy atom. The van der Waals surface area contributed by atoms with Gasteiger partial charge in [-0.1, -0.05) is 6.07 Å². The molecule has 0 amide bonds. The molecule has 4 heteroatoms. The Morgan fingerprint density at radius 1 is 1.29 bits per heavy atom. The van der Waals surface area contributed by atoms with Crippen molar-refractivity contribution in [1.82, 2.24) is 9.55 Å². The molecule has 0 spiro atoms. The highest BCUT2D eigenvalue weighted by molar-refractivity contribution is 5.57. The molecule has 112 valence electrons. The molecule has 1 heterocycles. The van der Waals surface area contributed by atoms with Gasteiger partial charge in [-0.05, 0) is 55.9 Å². The number of benzene rings is 1. The Labute approximate surface area is 126 Å². The highest BCUT2D eigenvalue weighted by Gasteiger charge is 2.11. The van der Waals surface area contributed by atoms with E-state index in [-0.39, 0.29) is 0 Å². The van der Waals surface area contributed by atoms with E-state index in [4.69, 9.17) is 4.74 Å². The van der Waals surface area contributed by atoms with Gasteiger partial charge in [0.05, 0.1) is 0 Å². The van der Waals surface area contributed by atoms with Crippen LogP contribution in [0, 0.1) is 0 Å². The van der Waals surface area contributed by atoms with Crippen LogP contribution in [0.3, 0.4) is 0 Å². The average Bonchev–Trinajstić information content (AvgIpc) is 3.12. The number of nitrogens with one attached hydrogen (secondary N) is 1. The molecule has 1 aromatic carbocycles. The molecule has 21 heavy (non-hydrogen) atoms. The number of rotatable bonds is 7. The first-order chi connectivity index (χ1) is 10.4. The largest absolute Gasteiger partial charge is 0.382 e. The van der Waals surface area contributed by atoms with E-state index in [2.05, 4.69) is 33.1 Å². The normalized spacial score (nSPS) is 13.4. The van der Waals surface area contributed by atoms with E-state index >= 15 is 0 Å². The van der Waals surface area contributed by atoms with Crippen LogP contribution in [-0.4, -0.2) is 22.8 Å². The number of anilines is 2. The van der Waals surface area contributed by atoms with Crippen molar-refractivity contribution in [3.63, 3.8) is 0 Å². The van der Waals surface area contributed by atoms with Gasteiger partial charge in [0.2, 0.25) is 5.95 Å². The number of fused-ring (bicyclic) bond motifs is 1. The van der Waals surface area contributed by atoms with Crippen molar-refractivity contribution < 1.29 is 4.74 Å². The highest BCUT2D eigenvalue weighted by Crippen LogP contribution is 2.26. The lowest BCUT2D eigenvalue weighted by Gasteiger charge is -2.11. The molecule has 0 radical (unpaired) electrons. The predicted molar refractivity (Wildman–Crippen MR) is 85.1 cm³/mol. The topological polar surface area (TPSA) is 39.1 Å². The number of imidazole rings is 1. The van der Waals surface area contributed by atoms with Crippen LogP contribution < -0.4 is 5.32 Å². The zero-order valence-electron chi connectivity index (χ0n) is 12.6. The minimum Gasteiger partial charge on any atom is -0.382 e. The molecule has 1 aliphatic rings. The van der Waals surface area contributed by atoms with E-state index in [9.17, 15) is 0 Å². The van der Waals surface area contributed by atoms with E-state index in [0.29, 0.717) is 0 Å². The SMILES string of the molecule is CCOCCCn1ccnc1Nc1ccc2c(c1)CCC2. The Hall–Kier alpha value is -1.81. The fourth-order valence-electron chi connectivity index (χ4n) is 2.87. The monoisotopic (exact) mass is 285 g/mol. The van der Waals surface area contributed by atoms with Gasteiger partial charge in [-0.3, -0.25) is 0 Å². The van der Waals surface area contributed by atoms with Gasteiger partial charge in [0.25, 0.3) is 0 Å². The molecule has 2 aromatic rings. The van der Waals surface area contributed by atoms with E-state index in [1.807, 2.05) is 19.3 Å². The van der Waals surface area contributed by atoms with Crippen molar-refractivity contribution in [3.8, 4) is 0 Å². The zero-order valence-corrected chi connectivity index (χ0v) is 12.6. The lowest BCUT2D eigenvalue weighted by Crippen LogP contribution is -2.06. The van der Waals surface area contributed by atoms with Crippen molar-refractivity contribution in [2.24, 2.45) is 0 Å². The van der Waals surface area contributed by atoms with E-state index in [1.54, 1.807) is 0 Å². The fourth-order valence-corrected chi connectivity index (χ4v) is 2.87. The van der Waals surface area contributed by atoms with Crippen molar-refractivity contribution >= 4 is 11.6 Å². The Bertz CT molecular complexity index is 591. The third-order valence-corrected chi connectivity index (χ3v) is 3.96. The first-order valence-corrected chi connectivity index (χ1v) is 7.84. The van der Waals surface area contributed by atoms with Crippen LogP contribution in [0.15, 0.2) is 30.6 Å². The third kappa shape index (κ3) is 3.45. The number of aromatic nitrogens is 2. The van der Waals surface area contributed by atoms with Crippen LogP contribution in [-0.2, 0) is 24.1 Å². The second-order valence-electron chi connectivity index (χ2n) is 5.46. The van der Waals surface area contributed by atoms with Gasteiger partial charge in [0, 0.05) is 37.8 Å². The maximum Gasteiger partial charge on any atom is 0.207 e. The first-order valence-electron chi connectivity index (χ1n) is 7.84. The Morgan fingerprint density at radius 2 is 2.19 bits per heavy atom. The van der Waals surface area contributed by atoms with Gasteiger partial charge in [0.1, 0.15) is 0 Å². The zero-order chi connectivity index (χ0) is 14.5. The quantitative estimate of drug-likeness (QED) is 0.791. The summed E-state index contributed by atoms with van der Waals surface area (Å²) in [5.41, 5.74) is 4.11. The molecule has 0 fully saturated rings. The number of hydrogen-bond donors (Lipinski definition) is 1. The summed E-state index contributed by atoms with van der Waals surface area (Å²) in [5, 5.41) is 3.43. The van der Waals surface area contributed by atoms with Crippen LogP contribution in [0.4, 0.5) is 11.6 Å². The number of nitrogens with zero attached hydrogens (tertiary/aromatic N) is 2. The molecular formula is C17H23N3O. The second kappa shape index (κ2) is 6.76. The highest BCUT2D eigenvalue weighted by atomic mass is 16.5. The molecule has 0 saturated carbocycles. The maximum atomic E-state index is 5.39. The third-order valence-electron chi connectivity index (χ3n) is 3.96. The molecule has 1 aromatic heterocycles. The summed E-state index contributed by atoms with van der Waals surface area (Å²) < 4.78 is 7.53. The second-order valence-corrected chi connectivity index (χ2v) is 5.46. The van der Waals surface area contributed by atoms with Gasteiger partial charge in [-0.2, -0.15) is 0 Å². The number of ether oxygens (including phenoxy) is 1. The summed E-state index contributed by atoms with van der Waals surface area (Å²) in [6.45, 7) is 4.53. The summed E-state index contributed by atoms with van der Waals surface area (Å²) in [6, 6.07) is 6.66. The van der Waals surface area contributed by atoms with Gasteiger partial charge in [-0.25, -0.2) is 4.98 Å².